The topological polar surface area (TPSA) is 178 Å². The molecule has 0 spiro atoms. The Kier molecular flexibility index (Phi) is 30.6. The highest BCUT2D eigenvalue weighted by molar-refractivity contribution is 7.80. The summed E-state index contributed by atoms with van der Waals surface area (Å²) in [5.74, 6) is -0.401. The number of aliphatic hydroxyl groups excluding tert-OH is 3. The van der Waals surface area contributed by atoms with E-state index in [2.05, 4.69) is 18.0 Å². The fourth-order valence-electron chi connectivity index (χ4n) is 6.56. The van der Waals surface area contributed by atoms with Gasteiger partial charge in [0.25, 0.3) is 0 Å². The van der Waals surface area contributed by atoms with E-state index in [0.717, 1.165) is 38.5 Å². The van der Waals surface area contributed by atoms with Crippen molar-refractivity contribution in [1.29, 1.82) is 0 Å². The van der Waals surface area contributed by atoms with E-state index in [9.17, 15) is 28.5 Å². The molecule has 1 heterocycles. The zero-order valence-electron chi connectivity index (χ0n) is 32.6. The second-order valence-corrected chi connectivity index (χ2v) is 15.6. The molecule has 0 aromatic rings. The molecule has 310 valence electrons. The van der Waals surface area contributed by atoms with Gasteiger partial charge in [0.1, 0.15) is 30.5 Å². The van der Waals surface area contributed by atoms with Crippen LogP contribution < -0.4 is 0 Å². The van der Waals surface area contributed by atoms with Gasteiger partial charge in [0, 0.05) is 13.0 Å². The lowest BCUT2D eigenvalue weighted by atomic mass is 9.99. The fraction of sp³-hybridized carbons (Fsp3) is 0.974. The minimum absolute atomic E-state index is 0.0435. The van der Waals surface area contributed by atoms with E-state index in [-0.39, 0.29) is 19.6 Å². The number of esters is 1. The van der Waals surface area contributed by atoms with Gasteiger partial charge >= 0.3 is 16.4 Å². The summed E-state index contributed by atoms with van der Waals surface area (Å²) in [7, 11) is -5.05. The van der Waals surface area contributed by atoms with Crippen molar-refractivity contribution >= 4 is 16.4 Å². The molecule has 1 aliphatic heterocycles. The van der Waals surface area contributed by atoms with Gasteiger partial charge in [0.2, 0.25) is 0 Å². The maximum Gasteiger partial charge on any atom is 0.397 e. The van der Waals surface area contributed by atoms with Crippen LogP contribution in [0.25, 0.3) is 0 Å². The van der Waals surface area contributed by atoms with Crippen LogP contribution in [0.3, 0.4) is 0 Å². The summed E-state index contributed by atoms with van der Waals surface area (Å²) in [4.78, 5) is 12.7. The molecule has 1 saturated heterocycles. The third-order valence-corrected chi connectivity index (χ3v) is 10.2. The average molecular weight is 769 g/mol. The van der Waals surface area contributed by atoms with Crippen LogP contribution in [0.2, 0.25) is 0 Å². The van der Waals surface area contributed by atoms with Crippen molar-refractivity contribution in [2.45, 2.75) is 218 Å². The lowest BCUT2D eigenvalue weighted by molar-refractivity contribution is -0.301. The van der Waals surface area contributed by atoms with E-state index in [0.29, 0.717) is 13.0 Å². The predicted molar refractivity (Wildman–Crippen MR) is 202 cm³/mol. The number of ether oxygens (including phenoxy) is 4. The van der Waals surface area contributed by atoms with Crippen LogP contribution in [0.4, 0.5) is 0 Å². The zero-order valence-corrected chi connectivity index (χ0v) is 33.5. The van der Waals surface area contributed by atoms with E-state index in [4.69, 9.17) is 23.5 Å². The summed E-state index contributed by atoms with van der Waals surface area (Å²) in [5, 5.41) is 30.5. The summed E-state index contributed by atoms with van der Waals surface area (Å²) in [6.07, 6.45) is 21.6. The highest BCUT2D eigenvalue weighted by atomic mass is 32.3. The van der Waals surface area contributed by atoms with Crippen molar-refractivity contribution in [2.75, 3.05) is 26.4 Å². The van der Waals surface area contributed by atoms with Crippen LogP contribution in [0.1, 0.15) is 181 Å². The first kappa shape index (κ1) is 49.1. The van der Waals surface area contributed by atoms with Crippen molar-refractivity contribution in [3.8, 4) is 0 Å². The van der Waals surface area contributed by atoms with Crippen LogP contribution in [0, 0.1) is 0 Å². The minimum atomic E-state index is -5.05. The molecule has 1 rings (SSSR count). The molecule has 6 atom stereocenters. The van der Waals surface area contributed by atoms with Gasteiger partial charge in [0.05, 0.1) is 19.8 Å². The lowest BCUT2D eigenvalue weighted by Gasteiger charge is -2.41. The Morgan fingerprint density at radius 1 is 0.654 bits per heavy atom. The normalized spacial score (nSPS) is 21.4. The molecule has 6 unspecified atom stereocenters. The Bertz CT molecular complexity index is 936. The first-order valence-corrected chi connectivity index (χ1v) is 22.2. The molecule has 0 bridgehead atoms. The third kappa shape index (κ3) is 26.0. The van der Waals surface area contributed by atoms with Crippen LogP contribution in [-0.2, 0) is 38.3 Å². The molecule has 0 saturated carbocycles. The number of hydrogen-bond donors (Lipinski definition) is 4. The molecule has 0 aromatic heterocycles. The highest BCUT2D eigenvalue weighted by Gasteiger charge is 2.48. The molecular formula is C39H76O12S. The first-order valence-electron chi connectivity index (χ1n) is 20.8. The summed E-state index contributed by atoms with van der Waals surface area (Å²) in [6, 6.07) is 0. The largest absolute Gasteiger partial charge is 0.457 e. The SMILES string of the molecule is CCCCCCCCCCCCCCCCCCCOCC(COC1OC(CO)C(O)C(OS(=O)(=O)O)C1O)OC(=O)CCCCCCCCCC. The third-order valence-electron chi connectivity index (χ3n) is 9.73. The maximum absolute atomic E-state index is 12.7. The van der Waals surface area contributed by atoms with Gasteiger partial charge in [-0.05, 0) is 12.8 Å². The van der Waals surface area contributed by atoms with Gasteiger partial charge in [-0.15, -0.1) is 0 Å². The standard InChI is InChI=1S/C39H76O12S/c1-3-5-7-9-11-13-14-15-16-17-18-19-20-21-23-25-27-29-47-31-33(49-35(41)28-26-24-22-12-10-8-6-4-2)32-48-39-37(43)38(51-52(44,45)46)36(42)34(30-40)50-39/h33-34,36-40,42-43H,3-32H2,1-2H3,(H,44,45,46). The number of aliphatic hydroxyl groups is 3. The minimum Gasteiger partial charge on any atom is -0.457 e. The Labute approximate surface area is 316 Å². The van der Waals surface area contributed by atoms with E-state index in [1.54, 1.807) is 0 Å². The molecular weight excluding hydrogens is 692 g/mol. The van der Waals surface area contributed by atoms with E-state index < -0.39 is 59.8 Å². The average Bonchev–Trinajstić information content (AvgIpc) is 3.11. The molecule has 13 heteroatoms. The summed E-state index contributed by atoms with van der Waals surface area (Å²) < 4.78 is 58.8. The van der Waals surface area contributed by atoms with Crippen molar-refractivity contribution in [3.05, 3.63) is 0 Å². The Balaban J connectivity index is 2.40. The number of rotatable bonds is 36. The van der Waals surface area contributed by atoms with Crippen LogP contribution >= 0.6 is 0 Å². The highest BCUT2D eigenvalue weighted by Crippen LogP contribution is 2.26. The molecule has 0 radical (unpaired) electrons. The molecule has 4 N–H and O–H groups in total. The van der Waals surface area contributed by atoms with Crippen molar-refractivity contribution < 1.29 is 56.2 Å². The second-order valence-electron chi connectivity index (χ2n) is 14.6. The number of hydrogen-bond acceptors (Lipinski definition) is 11. The van der Waals surface area contributed by atoms with Crippen LogP contribution in [0.15, 0.2) is 0 Å². The molecule has 52 heavy (non-hydrogen) atoms. The Hall–Kier alpha value is -0.900. The smallest absolute Gasteiger partial charge is 0.397 e. The van der Waals surface area contributed by atoms with Gasteiger partial charge in [-0.25, -0.2) is 4.18 Å². The van der Waals surface area contributed by atoms with E-state index in [1.807, 2.05) is 0 Å². The quantitative estimate of drug-likeness (QED) is 0.0277. The summed E-state index contributed by atoms with van der Waals surface area (Å²) in [6.45, 7) is 3.97. The van der Waals surface area contributed by atoms with Crippen molar-refractivity contribution in [3.63, 3.8) is 0 Å². The Morgan fingerprint density at radius 2 is 1.10 bits per heavy atom. The fourth-order valence-corrected chi connectivity index (χ4v) is 7.06. The molecule has 1 aliphatic rings. The Morgan fingerprint density at radius 3 is 1.54 bits per heavy atom. The monoisotopic (exact) mass is 769 g/mol. The molecule has 12 nitrogen and oxygen atoms in total. The molecule has 0 aromatic carbocycles. The van der Waals surface area contributed by atoms with E-state index in [1.165, 1.54) is 116 Å². The molecule has 0 amide bonds. The van der Waals surface area contributed by atoms with Crippen molar-refractivity contribution in [1.82, 2.24) is 0 Å². The maximum atomic E-state index is 12.7. The van der Waals surface area contributed by atoms with E-state index >= 15 is 0 Å². The van der Waals surface area contributed by atoms with Gasteiger partial charge < -0.3 is 34.3 Å². The lowest BCUT2D eigenvalue weighted by Crippen LogP contribution is -2.60. The second kappa shape index (κ2) is 32.4. The molecule has 0 aliphatic carbocycles. The molecule has 1 fully saturated rings. The van der Waals surface area contributed by atoms with Crippen molar-refractivity contribution in [2.24, 2.45) is 0 Å². The van der Waals surface area contributed by atoms with Crippen LogP contribution in [0.5, 0.6) is 0 Å². The van der Waals surface area contributed by atoms with Gasteiger partial charge in [0.15, 0.2) is 6.29 Å². The van der Waals surface area contributed by atoms with Crippen LogP contribution in [-0.4, -0.2) is 97.5 Å². The first-order chi connectivity index (χ1) is 25.1. The zero-order chi connectivity index (χ0) is 38.3. The van der Waals surface area contributed by atoms with Gasteiger partial charge in [-0.2, -0.15) is 8.42 Å². The summed E-state index contributed by atoms with van der Waals surface area (Å²) >= 11 is 0. The van der Waals surface area contributed by atoms with Gasteiger partial charge in [-0.1, -0.05) is 162 Å². The predicted octanol–water partition coefficient (Wildman–Crippen LogP) is 7.74. The number of unbranched alkanes of at least 4 members (excludes halogenated alkanes) is 23. The van der Waals surface area contributed by atoms with Gasteiger partial charge in [-0.3, -0.25) is 9.35 Å². The number of carbonyl (C=O) groups excluding carboxylic acids is 1. The number of carbonyl (C=O) groups is 1. The summed E-state index contributed by atoms with van der Waals surface area (Å²) in [5.41, 5.74) is 0.